The Morgan fingerprint density at radius 3 is 2.43 bits per heavy atom. The van der Waals surface area contributed by atoms with E-state index in [0.717, 1.165) is 17.4 Å². The Labute approximate surface area is 137 Å². The lowest BCUT2D eigenvalue weighted by molar-refractivity contribution is -0.121. The van der Waals surface area contributed by atoms with Gasteiger partial charge >= 0.3 is 0 Å². The van der Waals surface area contributed by atoms with Crippen LogP contribution in [0.15, 0.2) is 72.8 Å². The zero-order chi connectivity index (χ0) is 16.1. The molecule has 3 rings (SSSR count). The molecule has 3 aromatic carbocycles. The molecule has 0 saturated heterocycles. The summed E-state index contributed by atoms with van der Waals surface area (Å²) in [5.74, 6) is 0.0739. The van der Waals surface area contributed by atoms with Crippen LogP contribution in [0.1, 0.15) is 18.1 Å². The molecule has 0 fully saturated rings. The van der Waals surface area contributed by atoms with Crippen molar-refractivity contribution in [3.63, 3.8) is 0 Å². The molecule has 1 N–H and O–H groups in total. The second-order valence-electron chi connectivity index (χ2n) is 5.97. The third kappa shape index (κ3) is 3.98. The van der Waals surface area contributed by atoms with E-state index in [1.807, 2.05) is 49.4 Å². The van der Waals surface area contributed by atoms with Crippen LogP contribution < -0.4 is 5.32 Å². The first-order valence-electron chi connectivity index (χ1n) is 8.02. The highest BCUT2D eigenvalue weighted by Crippen LogP contribution is 2.18. The number of carbonyl (C=O) groups is 1. The number of carbonyl (C=O) groups excluding carboxylic acids is 1. The maximum absolute atomic E-state index is 12.3. The SMILES string of the molecule is C[C@@H](Cc1ccccc1)NC(=O)Cc1cccc2ccccc12. The Kier molecular flexibility index (Phi) is 4.72. The van der Waals surface area contributed by atoms with Gasteiger partial charge in [-0.3, -0.25) is 4.79 Å². The molecular formula is C21H21NO. The van der Waals surface area contributed by atoms with Gasteiger partial charge in [-0.2, -0.15) is 0 Å². The maximum atomic E-state index is 12.3. The molecule has 0 aromatic heterocycles. The monoisotopic (exact) mass is 303 g/mol. The van der Waals surface area contributed by atoms with Crippen LogP contribution in [0, 0.1) is 0 Å². The van der Waals surface area contributed by atoms with E-state index in [-0.39, 0.29) is 11.9 Å². The van der Waals surface area contributed by atoms with Crippen molar-refractivity contribution in [2.75, 3.05) is 0 Å². The standard InChI is InChI=1S/C21H21NO/c1-16(14-17-8-3-2-4-9-17)22-21(23)15-19-12-7-11-18-10-5-6-13-20(18)19/h2-13,16H,14-15H2,1H3,(H,22,23)/t16-/m0/s1. The van der Waals surface area contributed by atoms with Crippen molar-refractivity contribution >= 4 is 16.7 Å². The molecule has 0 bridgehead atoms. The van der Waals surface area contributed by atoms with Crippen LogP contribution in [0.3, 0.4) is 0 Å². The highest BCUT2D eigenvalue weighted by molar-refractivity contribution is 5.90. The fourth-order valence-corrected chi connectivity index (χ4v) is 2.96. The van der Waals surface area contributed by atoms with Gasteiger partial charge in [0.25, 0.3) is 0 Å². The summed E-state index contributed by atoms with van der Waals surface area (Å²) in [6, 6.07) is 24.7. The topological polar surface area (TPSA) is 29.1 Å². The predicted molar refractivity (Wildman–Crippen MR) is 95.4 cm³/mol. The molecule has 0 spiro atoms. The van der Waals surface area contributed by atoms with E-state index in [0.29, 0.717) is 6.42 Å². The summed E-state index contributed by atoms with van der Waals surface area (Å²) < 4.78 is 0. The van der Waals surface area contributed by atoms with Gasteiger partial charge < -0.3 is 5.32 Å². The number of rotatable bonds is 5. The molecule has 1 amide bonds. The third-order valence-electron chi connectivity index (χ3n) is 4.02. The Bertz CT molecular complexity index is 790. The smallest absolute Gasteiger partial charge is 0.224 e. The zero-order valence-electron chi connectivity index (χ0n) is 13.3. The molecule has 0 unspecified atom stereocenters. The number of amides is 1. The van der Waals surface area contributed by atoms with E-state index in [9.17, 15) is 4.79 Å². The quantitative estimate of drug-likeness (QED) is 0.754. The lowest BCUT2D eigenvalue weighted by Crippen LogP contribution is -2.35. The van der Waals surface area contributed by atoms with Gasteiger partial charge in [-0.15, -0.1) is 0 Å². The van der Waals surface area contributed by atoms with Crippen molar-refractivity contribution in [2.45, 2.75) is 25.8 Å². The molecule has 0 radical (unpaired) electrons. The summed E-state index contributed by atoms with van der Waals surface area (Å²) in [6.07, 6.45) is 1.27. The van der Waals surface area contributed by atoms with Crippen molar-refractivity contribution in [2.24, 2.45) is 0 Å². The lowest BCUT2D eigenvalue weighted by Gasteiger charge is -2.14. The third-order valence-corrected chi connectivity index (χ3v) is 4.02. The molecule has 2 heteroatoms. The van der Waals surface area contributed by atoms with Crippen molar-refractivity contribution in [3.05, 3.63) is 83.9 Å². The van der Waals surface area contributed by atoms with E-state index in [2.05, 4.69) is 35.6 Å². The van der Waals surface area contributed by atoms with Crippen LogP contribution in [-0.4, -0.2) is 11.9 Å². The Morgan fingerprint density at radius 1 is 0.913 bits per heavy atom. The average molecular weight is 303 g/mol. The Balaban J connectivity index is 1.64. The van der Waals surface area contributed by atoms with Gasteiger partial charge in [-0.25, -0.2) is 0 Å². The Hall–Kier alpha value is -2.61. The first-order valence-corrected chi connectivity index (χ1v) is 8.02. The molecule has 116 valence electrons. The van der Waals surface area contributed by atoms with E-state index < -0.39 is 0 Å². The Morgan fingerprint density at radius 2 is 1.61 bits per heavy atom. The summed E-state index contributed by atoms with van der Waals surface area (Å²) in [4.78, 5) is 12.3. The summed E-state index contributed by atoms with van der Waals surface area (Å²) in [6.45, 7) is 2.05. The fraction of sp³-hybridized carbons (Fsp3) is 0.190. The van der Waals surface area contributed by atoms with Crippen LogP contribution in [0.5, 0.6) is 0 Å². The van der Waals surface area contributed by atoms with Gasteiger partial charge in [0.2, 0.25) is 5.91 Å². The molecule has 23 heavy (non-hydrogen) atoms. The van der Waals surface area contributed by atoms with Gasteiger partial charge in [0.1, 0.15) is 0 Å². The second-order valence-corrected chi connectivity index (χ2v) is 5.97. The number of hydrogen-bond donors (Lipinski definition) is 1. The summed E-state index contributed by atoms with van der Waals surface area (Å²) in [5, 5.41) is 5.43. The molecule has 0 saturated carbocycles. The molecule has 2 nitrogen and oxygen atoms in total. The minimum Gasteiger partial charge on any atom is -0.353 e. The van der Waals surface area contributed by atoms with Gasteiger partial charge in [-0.1, -0.05) is 72.8 Å². The molecule has 3 aromatic rings. The van der Waals surface area contributed by atoms with Crippen LogP contribution in [0.4, 0.5) is 0 Å². The molecule has 1 atom stereocenters. The van der Waals surface area contributed by atoms with Crippen LogP contribution in [-0.2, 0) is 17.6 Å². The highest BCUT2D eigenvalue weighted by atomic mass is 16.1. The lowest BCUT2D eigenvalue weighted by atomic mass is 10.0. The average Bonchev–Trinajstić information content (AvgIpc) is 2.56. The number of nitrogens with one attached hydrogen (secondary N) is 1. The van der Waals surface area contributed by atoms with Gasteiger partial charge in [0.05, 0.1) is 6.42 Å². The predicted octanol–water partition coefficient (Wildman–Crippen LogP) is 4.13. The van der Waals surface area contributed by atoms with Gasteiger partial charge in [0, 0.05) is 6.04 Å². The second kappa shape index (κ2) is 7.10. The summed E-state index contributed by atoms with van der Waals surface area (Å²) in [5.41, 5.74) is 2.32. The largest absolute Gasteiger partial charge is 0.353 e. The zero-order valence-corrected chi connectivity index (χ0v) is 13.3. The molecule has 0 heterocycles. The number of fused-ring (bicyclic) bond motifs is 1. The fourth-order valence-electron chi connectivity index (χ4n) is 2.96. The van der Waals surface area contributed by atoms with Crippen molar-refractivity contribution < 1.29 is 4.79 Å². The van der Waals surface area contributed by atoms with Crippen LogP contribution >= 0.6 is 0 Å². The first kappa shape index (κ1) is 15.3. The molecule has 0 aliphatic carbocycles. The molecule has 0 aliphatic rings. The minimum atomic E-state index is 0.0739. The van der Waals surface area contributed by atoms with Gasteiger partial charge in [-0.05, 0) is 35.2 Å². The minimum absolute atomic E-state index is 0.0739. The first-order chi connectivity index (χ1) is 11.2. The normalized spacial score (nSPS) is 12.0. The van der Waals surface area contributed by atoms with Crippen molar-refractivity contribution in [1.29, 1.82) is 0 Å². The van der Waals surface area contributed by atoms with Crippen molar-refractivity contribution in [1.82, 2.24) is 5.32 Å². The van der Waals surface area contributed by atoms with Crippen LogP contribution in [0.25, 0.3) is 10.8 Å². The molecule has 0 aliphatic heterocycles. The summed E-state index contributed by atoms with van der Waals surface area (Å²) in [7, 11) is 0. The highest BCUT2D eigenvalue weighted by Gasteiger charge is 2.10. The van der Waals surface area contributed by atoms with E-state index in [1.54, 1.807) is 0 Å². The van der Waals surface area contributed by atoms with Crippen molar-refractivity contribution in [3.8, 4) is 0 Å². The summed E-state index contributed by atoms with van der Waals surface area (Å²) >= 11 is 0. The molecular weight excluding hydrogens is 282 g/mol. The van der Waals surface area contributed by atoms with Gasteiger partial charge in [0.15, 0.2) is 0 Å². The maximum Gasteiger partial charge on any atom is 0.224 e. The van der Waals surface area contributed by atoms with Crippen LogP contribution in [0.2, 0.25) is 0 Å². The van der Waals surface area contributed by atoms with E-state index in [4.69, 9.17) is 0 Å². The number of hydrogen-bond acceptors (Lipinski definition) is 1. The van der Waals surface area contributed by atoms with E-state index in [1.165, 1.54) is 10.9 Å². The van der Waals surface area contributed by atoms with E-state index >= 15 is 0 Å². The number of benzene rings is 3.